The van der Waals surface area contributed by atoms with Crippen molar-refractivity contribution in [2.45, 2.75) is 20.4 Å². The molecule has 0 saturated carbocycles. The van der Waals surface area contributed by atoms with Gasteiger partial charge in [0.15, 0.2) is 0 Å². The normalized spacial score (nSPS) is 11.2. The van der Waals surface area contributed by atoms with Crippen LogP contribution in [-0.2, 0) is 6.54 Å². The number of aryl methyl sites for hydroxylation is 2. The molecule has 0 spiro atoms. The summed E-state index contributed by atoms with van der Waals surface area (Å²) in [6.45, 7) is 5.69. The molecule has 0 radical (unpaired) electrons. The summed E-state index contributed by atoms with van der Waals surface area (Å²) < 4.78 is 2.08. The van der Waals surface area contributed by atoms with Gasteiger partial charge < -0.3 is 4.98 Å². The first-order chi connectivity index (χ1) is 6.13. The lowest BCUT2D eigenvalue weighted by Gasteiger charge is -2.12. The maximum Gasteiger partial charge on any atom is 0.103 e. The molecule has 0 aromatic carbocycles. The van der Waals surface area contributed by atoms with E-state index in [1.165, 1.54) is 0 Å². The Bertz CT molecular complexity index is 274. The monoisotopic (exact) mass is 219 g/mol. The summed E-state index contributed by atoms with van der Waals surface area (Å²) in [7, 11) is 2.65. The van der Waals surface area contributed by atoms with Crippen LogP contribution in [0.1, 0.15) is 17.2 Å². The molecule has 1 aromatic heterocycles. The Morgan fingerprint density at radius 1 is 1.54 bits per heavy atom. The molecule has 0 saturated heterocycles. The fourth-order valence-corrected chi connectivity index (χ4v) is 1.87. The van der Waals surface area contributed by atoms with Crippen LogP contribution in [0.25, 0.3) is 0 Å². The molecule has 0 bridgehead atoms. The SMILES string of the molecule is Cc1nc(CN(P)CCCl)c(C)[nH]1. The summed E-state index contributed by atoms with van der Waals surface area (Å²) in [4.78, 5) is 7.55. The van der Waals surface area contributed by atoms with Gasteiger partial charge >= 0.3 is 0 Å². The van der Waals surface area contributed by atoms with E-state index in [-0.39, 0.29) is 0 Å². The largest absolute Gasteiger partial charge is 0.346 e. The average molecular weight is 220 g/mol. The van der Waals surface area contributed by atoms with Crippen LogP contribution in [0.3, 0.4) is 0 Å². The first kappa shape index (κ1) is 11.0. The molecule has 3 nitrogen and oxygen atoms in total. The number of H-pyrrole nitrogens is 1. The summed E-state index contributed by atoms with van der Waals surface area (Å²) in [5.74, 6) is 1.61. The standard InChI is InChI=1S/C8H15ClN3P/c1-6-8(11-7(2)10-6)5-12(13)4-3-9/h3-5,13H2,1-2H3,(H,10,11). The van der Waals surface area contributed by atoms with Crippen LogP contribution in [0.5, 0.6) is 0 Å². The topological polar surface area (TPSA) is 31.9 Å². The molecule has 74 valence electrons. The van der Waals surface area contributed by atoms with Gasteiger partial charge in [0, 0.05) is 24.7 Å². The molecule has 0 aliphatic carbocycles. The molecule has 0 amide bonds. The fourth-order valence-electron chi connectivity index (χ4n) is 1.19. The van der Waals surface area contributed by atoms with Crippen molar-refractivity contribution >= 4 is 21.0 Å². The van der Waals surface area contributed by atoms with E-state index < -0.39 is 0 Å². The number of halogens is 1. The zero-order valence-electron chi connectivity index (χ0n) is 7.97. The third kappa shape index (κ3) is 3.26. The van der Waals surface area contributed by atoms with Gasteiger partial charge in [0.2, 0.25) is 0 Å². The number of hydrogen-bond acceptors (Lipinski definition) is 2. The average Bonchev–Trinajstić information content (AvgIpc) is 2.30. The van der Waals surface area contributed by atoms with E-state index in [4.69, 9.17) is 11.6 Å². The molecule has 1 heterocycles. The Balaban J connectivity index is 2.57. The van der Waals surface area contributed by atoms with Gasteiger partial charge in [0.1, 0.15) is 5.82 Å². The summed E-state index contributed by atoms with van der Waals surface area (Å²) >= 11 is 5.62. The minimum absolute atomic E-state index is 0.645. The summed E-state index contributed by atoms with van der Waals surface area (Å²) in [6.07, 6.45) is 0. The van der Waals surface area contributed by atoms with E-state index in [2.05, 4.69) is 24.0 Å². The number of nitrogens with one attached hydrogen (secondary N) is 1. The highest BCUT2D eigenvalue weighted by Gasteiger charge is 2.06. The highest BCUT2D eigenvalue weighted by Crippen LogP contribution is 2.10. The summed E-state index contributed by atoms with van der Waals surface area (Å²) in [6, 6.07) is 0. The van der Waals surface area contributed by atoms with Gasteiger partial charge in [-0.25, -0.2) is 4.98 Å². The van der Waals surface area contributed by atoms with E-state index in [0.717, 1.165) is 30.3 Å². The van der Waals surface area contributed by atoms with Gasteiger partial charge in [0.25, 0.3) is 0 Å². The number of rotatable bonds is 4. The zero-order chi connectivity index (χ0) is 9.84. The van der Waals surface area contributed by atoms with Crippen molar-refractivity contribution in [2.75, 3.05) is 12.4 Å². The van der Waals surface area contributed by atoms with Gasteiger partial charge in [-0.1, -0.05) is 9.39 Å². The Morgan fingerprint density at radius 3 is 2.69 bits per heavy atom. The summed E-state index contributed by atoms with van der Waals surface area (Å²) in [5, 5.41) is 0. The van der Waals surface area contributed by atoms with Crippen molar-refractivity contribution in [3.63, 3.8) is 0 Å². The zero-order valence-corrected chi connectivity index (χ0v) is 9.88. The van der Waals surface area contributed by atoms with Crippen LogP contribution in [0, 0.1) is 13.8 Å². The third-order valence-corrected chi connectivity index (χ3v) is 2.44. The molecule has 1 aromatic rings. The molecule has 13 heavy (non-hydrogen) atoms. The van der Waals surface area contributed by atoms with E-state index in [0.29, 0.717) is 5.88 Å². The first-order valence-corrected chi connectivity index (χ1v) is 5.26. The Morgan fingerprint density at radius 2 is 2.23 bits per heavy atom. The van der Waals surface area contributed by atoms with E-state index in [9.17, 15) is 0 Å². The lowest BCUT2D eigenvalue weighted by Crippen LogP contribution is -2.14. The Labute approximate surface area is 86.1 Å². The van der Waals surface area contributed by atoms with Crippen LogP contribution in [0.4, 0.5) is 0 Å². The minimum Gasteiger partial charge on any atom is -0.346 e. The van der Waals surface area contributed by atoms with Crippen LogP contribution < -0.4 is 0 Å². The lowest BCUT2D eigenvalue weighted by atomic mass is 10.3. The Kier molecular flexibility index (Phi) is 4.17. The molecule has 1 rings (SSSR count). The molecular weight excluding hydrogens is 205 g/mol. The number of aromatic nitrogens is 2. The van der Waals surface area contributed by atoms with E-state index in [1.807, 2.05) is 13.8 Å². The minimum atomic E-state index is 0.645. The van der Waals surface area contributed by atoms with Crippen LogP contribution in [-0.4, -0.2) is 27.1 Å². The smallest absolute Gasteiger partial charge is 0.103 e. The molecule has 1 N–H and O–H groups in total. The number of alkyl halides is 1. The molecule has 1 unspecified atom stereocenters. The first-order valence-electron chi connectivity index (χ1n) is 4.21. The third-order valence-electron chi connectivity index (χ3n) is 1.83. The summed E-state index contributed by atoms with van der Waals surface area (Å²) in [5.41, 5.74) is 2.23. The van der Waals surface area contributed by atoms with Gasteiger partial charge in [-0.3, -0.25) is 4.67 Å². The van der Waals surface area contributed by atoms with Crippen molar-refractivity contribution in [3.8, 4) is 0 Å². The second kappa shape index (κ2) is 4.94. The van der Waals surface area contributed by atoms with Crippen molar-refractivity contribution in [3.05, 3.63) is 17.2 Å². The molecule has 0 fully saturated rings. The highest BCUT2D eigenvalue weighted by molar-refractivity contribution is 7.13. The number of nitrogens with zero attached hydrogens (tertiary/aromatic N) is 2. The predicted molar refractivity (Wildman–Crippen MR) is 58.9 cm³/mol. The number of imidazole rings is 1. The second-order valence-corrected chi connectivity index (χ2v) is 4.16. The van der Waals surface area contributed by atoms with E-state index >= 15 is 0 Å². The van der Waals surface area contributed by atoms with Crippen molar-refractivity contribution < 1.29 is 0 Å². The van der Waals surface area contributed by atoms with Gasteiger partial charge in [-0.15, -0.1) is 11.6 Å². The van der Waals surface area contributed by atoms with Gasteiger partial charge in [-0.05, 0) is 13.8 Å². The van der Waals surface area contributed by atoms with Gasteiger partial charge in [0.05, 0.1) is 5.69 Å². The van der Waals surface area contributed by atoms with Crippen molar-refractivity contribution in [2.24, 2.45) is 0 Å². The van der Waals surface area contributed by atoms with Crippen molar-refractivity contribution in [1.82, 2.24) is 14.6 Å². The molecule has 1 atom stereocenters. The molecule has 0 aliphatic heterocycles. The molecular formula is C8H15ClN3P. The van der Waals surface area contributed by atoms with Crippen LogP contribution >= 0.6 is 21.0 Å². The quantitative estimate of drug-likeness (QED) is 0.619. The highest BCUT2D eigenvalue weighted by atomic mass is 35.5. The van der Waals surface area contributed by atoms with Crippen LogP contribution in [0.2, 0.25) is 0 Å². The molecule has 0 aliphatic rings. The predicted octanol–water partition coefficient (Wildman–Crippen LogP) is 1.86. The van der Waals surface area contributed by atoms with E-state index in [1.54, 1.807) is 0 Å². The van der Waals surface area contributed by atoms with Crippen molar-refractivity contribution in [1.29, 1.82) is 0 Å². The molecule has 5 heteroatoms. The number of aromatic amines is 1. The number of hydrogen-bond donors (Lipinski definition) is 1. The second-order valence-electron chi connectivity index (χ2n) is 3.05. The lowest BCUT2D eigenvalue weighted by molar-refractivity contribution is 0.486. The fraction of sp³-hybridized carbons (Fsp3) is 0.625. The van der Waals surface area contributed by atoms with Gasteiger partial charge in [-0.2, -0.15) is 0 Å². The maximum atomic E-state index is 5.62. The Hall–Kier alpha value is -0.110. The van der Waals surface area contributed by atoms with Crippen LogP contribution in [0.15, 0.2) is 0 Å². The maximum absolute atomic E-state index is 5.62.